The zero-order valence-electron chi connectivity index (χ0n) is 11.2. The third-order valence-electron chi connectivity index (χ3n) is 2.95. The first kappa shape index (κ1) is 14.1. The van der Waals surface area contributed by atoms with E-state index in [-0.39, 0.29) is 5.75 Å². The van der Waals surface area contributed by atoms with Crippen molar-refractivity contribution in [2.24, 2.45) is 0 Å². The van der Waals surface area contributed by atoms with E-state index >= 15 is 0 Å². The molecule has 102 valence electrons. The summed E-state index contributed by atoms with van der Waals surface area (Å²) < 4.78 is 0. The molecule has 0 saturated heterocycles. The number of aromatic hydroxyl groups is 1. The molecule has 1 heterocycles. The van der Waals surface area contributed by atoms with E-state index in [2.05, 4.69) is 15.2 Å². The number of fused-ring (bicyclic) bond motifs is 1. The van der Waals surface area contributed by atoms with Crippen LogP contribution in [-0.2, 0) is 6.54 Å². The number of pyridine rings is 1. The molecule has 0 unspecified atom stereocenters. The van der Waals surface area contributed by atoms with Crippen molar-refractivity contribution < 1.29 is 5.11 Å². The Bertz CT molecular complexity index is 572. The highest BCUT2D eigenvalue weighted by Crippen LogP contribution is 2.32. The van der Waals surface area contributed by atoms with Crippen molar-refractivity contribution in [3.8, 4) is 5.75 Å². The Balaban J connectivity index is 2.17. The summed E-state index contributed by atoms with van der Waals surface area (Å²) in [6.07, 6.45) is 1.65. The van der Waals surface area contributed by atoms with E-state index < -0.39 is 0 Å². The van der Waals surface area contributed by atoms with Crippen molar-refractivity contribution >= 4 is 22.5 Å². The highest BCUT2D eigenvalue weighted by atomic mass is 35.5. The summed E-state index contributed by atoms with van der Waals surface area (Å²) in [6, 6.07) is 5.46. The summed E-state index contributed by atoms with van der Waals surface area (Å²) in [7, 11) is 4.05. The molecule has 0 fully saturated rings. The molecule has 2 rings (SSSR count). The molecule has 1 aromatic heterocycles. The lowest BCUT2D eigenvalue weighted by Crippen LogP contribution is -2.26. The molecule has 0 spiro atoms. The average Bonchev–Trinajstić information content (AvgIpc) is 2.40. The zero-order chi connectivity index (χ0) is 13.8. The van der Waals surface area contributed by atoms with Gasteiger partial charge < -0.3 is 15.3 Å². The lowest BCUT2D eigenvalue weighted by atomic mass is 10.1. The number of halogens is 1. The van der Waals surface area contributed by atoms with Crippen molar-refractivity contribution in [2.75, 3.05) is 27.2 Å². The van der Waals surface area contributed by atoms with E-state index in [1.807, 2.05) is 26.2 Å². The van der Waals surface area contributed by atoms with Crippen LogP contribution in [0.3, 0.4) is 0 Å². The molecule has 0 amide bonds. The van der Waals surface area contributed by atoms with Crippen molar-refractivity contribution in [2.45, 2.75) is 6.54 Å². The number of hydrogen-bond acceptors (Lipinski definition) is 4. The normalized spacial score (nSPS) is 11.4. The van der Waals surface area contributed by atoms with Crippen LogP contribution in [0.25, 0.3) is 10.9 Å². The first-order valence-corrected chi connectivity index (χ1v) is 6.58. The maximum absolute atomic E-state index is 10.2. The second-order valence-corrected chi connectivity index (χ2v) is 5.15. The van der Waals surface area contributed by atoms with Gasteiger partial charge in [-0.2, -0.15) is 0 Å². The lowest BCUT2D eigenvalue weighted by Gasteiger charge is -2.12. The maximum atomic E-state index is 10.2. The number of hydrogen-bond donors (Lipinski definition) is 2. The Morgan fingerprint density at radius 3 is 2.95 bits per heavy atom. The molecule has 0 aliphatic heterocycles. The number of nitrogens with one attached hydrogen (secondary N) is 1. The number of phenolic OH excluding ortho intramolecular Hbond substituents is 1. The molecule has 1 aromatic carbocycles. The topological polar surface area (TPSA) is 48.4 Å². The Morgan fingerprint density at radius 1 is 1.42 bits per heavy atom. The van der Waals surface area contributed by atoms with Gasteiger partial charge in [-0.1, -0.05) is 11.6 Å². The third kappa shape index (κ3) is 3.35. The van der Waals surface area contributed by atoms with Gasteiger partial charge in [-0.05, 0) is 32.3 Å². The van der Waals surface area contributed by atoms with Gasteiger partial charge in [0.2, 0.25) is 0 Å². The van der Waals surface area contributed by atoms with Crippen LogP contribution < -0.4 is 5.32 Å². The molecule has 19 heavy (non-hydrogen) atoms. The van der Waals surface area contributed by atoms with E-state index in [0.29, 0.717) is 17.1 Å². The predicted molar refractivity (Wildman–Crippen MR) is 78.7 cm³/mol. The van der Waals surface area contributed by atoms with Crippen molar-refractivity contribution in [1.29, 1.82) is 0 Å². The molecule has 0 atom stereocenters. The summed E-state index contributed by atoms with van der Waals surface area (Å²) in [6.45, 7) is 2.37. The van der Waals surface area contributed by atoms with Crippen LogP contribution in [0, 0.1) is 0 Å². The Labute approximate surface area is 118 Å². The van der Waals surface area contributed by atoms with Crippen molar-refractivity contribution in [3.63, 3.8) is 0 Å². The fourth-order valence-corrected chi connectivity index (χ4v) is 2.18. The van der Waals surface area contributed by atoms with Gasteiger partial charge in [0.1, 0.15) is 11.3 Å². The van der Waals surface area contributed by atoms with Crippen LogP contribution in [0.1, 0.15) is 5.56 Å². The van der Waals surface area contributed by atoms with Gasteiger partial charge in [0, 0.05) is 36.8 Å². The van der Waals surface area contributed by atoms with Gasteiger partial charge in [-0.3, -0.25) is 4.98 Å². The molecule has 0 bridgehead atoms. The zero-order valence-corrected chi connectivity index (χ0v) is 11.9. The lowest BCUT2D eigenvalue weighted by molar-refractivity contribution is 0.398. The second-order valence-electron chi connectivity index (χ2n) is 4.75. The molecule has 0 radical (unpaired) electrons. The smallest absolute Gasteiger partial charge is 0.146 e. The van der Waals surface area contributed by atoms with Crippen LogP contribution in [0.2, 0.25) is 5.02 Å². The van der Waals surface area contributed by atoms with Crippen LogP contribution in [-0.4, -0.2) is 42.2 Å². The molecule has 2 N–H and O–H groups in total. The van der Waals surface area contributed by atoms with E-state index in [1.54, 1.807) is 12.3 Å². The largest absolute Gasteiger partial charge is 0.505 e. The molecule has 4 nitrogen and oxygen atoms in total. The summed E-state index contributed by atoms with van der Waals surface area (Å²) in [4.78, 5) is 6.29. The number of rotatable bonds is 5. The van der Waals surface area contributed by atoms with Crippen LogP contribution in [0.4, 0.5) is 0 Å². The monoisotopic (exact) mass is 279 g/mol. The van der Waals surface area contributed by atoms with Gasteiger partial charge in [-0.25, -0.2) is 0 Å². The van der Waals surface area contributed by atoms with Gasteiger partial charge >= 0.3 is 0 Å². The second kappa shape index (κ2) is 6.19. The van der Waals surface area contributed by atoms with Gasteiger partial charge in [0.05, 0.1) is 5.02 Å². The molecular weight excluding hydrogens is 262 g/mol. The number of likely N-dealkylation sites (N-methyl/N-ethyl adjacent to an activating group) is 1. The van der Waals surface area contributed by atoms with Crippen LogP contribution >= 0.6 is 11.6 Å². The minimum absolute atomic E-state index is 0.206. The predicted octanol–water partition coefficient (Wildman–Crippen LogP) is 2.24. The molecule has 5 heteroatoms. The Hall–Kier alpha value is -1.36. The fourth-order valence-electron chi connectivity index (χ4n) is 1.90. The van der Waals surface area contributed by atoms with Crippen molar-refractivity contribution in [3.05, 3.63) is 35.0 Å². The third-order valence-corrected chi connectivity index (χ3v) is 3.26. The molecular formula is C14H18ClN3O. The number of phenols is 1. The summed E-state index contributed by atoms with van der Waals surface area (Å²) >= 11 is 6.21. The number of aromatic nitrogens is 1. The number of nitrogens with zero attached hydrogens (tertiary/aromatic N) is 2. The quantitative estimate of drug-likeness (QED) is 0.824. The SMILES string of the molecule is CN(C)CCNCc1cc(Cl)c2cccnc2c1O. The average molecular weight is 280 g/mol. The summed E-state index contributed by atoms with van der Waals surface area (Å²) in [5.41, 5.74) is 1.33. The maximum Gasteiger partial charge on any atom is 0.146 e. The highest BCUT2D eigenvalue weighted by Gasteiger charge is 2.10. The first-order chi connectivity index (χ1) is 9.09. The molecule has 0 aliphatic carbocycles. The number of benzene rings is 1. The molecule has 2 aromatic rings. The van der Waals surface area contributed by atoms with Crippen molar-refractivity contribution in [1.82, 2.24) is 15.2 Å². The van der Waals surface area contributed by atoms with E-state index in [4.69, 9.17) is 11.6 Å². The van der Waals surface area contributed by atoms with Crippen LogP contribution in [0.15, 0.2) is 24.4 Å². The minimum atomic E-state index is 0.206. The summed E-state index contributed by atoms with van der Waals surface area (Å²) in [5.74, 6) is 0.206. The Morgan fingerprint density at radius 2 is 2.21 bits per heavy atom. The fraction of sp³-hybridized carbons (Fsp3) is 0.357. The van der Waals surface area contributed by atoms with E-state index in [0.717, 1.165) is 24.0 Å². The minimum Gasteiger partial charge on any atom is -0.505 e. The van der Waals surface area contributed by atoms with Gasteiger partial charge in [0.15, 0.2) is 0 Å². The molecule has 0 saturated carbocycles. The Kier molecular flexibility index (Phi) is 4.58. The van der Waals surface area contributed by atoms with Gasteiger partial charge in [0.25, 0.3) is 0 Å². The summed E-state index contributed by atoms with van der Waals surface area (Å²) in [5, 5.41) is 14.9. The first-order valence-electron chi connectivity index (χ1n) is 6.20. The molecule has 0 aliphatic rings. The van der Waals surface area contributed by atoms with Gasteiger partial charge in [-0.15, -0.1) is 0 Å². The van der Waals surface area contributed by atoms with Crippen LogP contribution in [0.5, 0.6) is 5.75 Å². The highest BCUT2D eigenvalue weighted by molar-refractivity contribution is 6.35. The van der Waals surface area contributed by atoms with E-state index in [9.17, 15) is 5.11 Å². The van der Waals surface area contributed by atoms with E-state index in [1.165, 1.54) is 0 Å². The standard InChI is InChI=1S/C14H18ClN3O/c1-18(2)7-6-16-9-10-8-12(15)11-4-3-5-17-13(11)14(10)19/h3-5,8,16,19H,6-7,9H2,1-2H3.